The van der Waals surface area contributed by atoms with E-state index in [4.69, 9.17) is 4.74 Å². The molecule has 10 heteroatoms. The van der Waals surface area contributed by atoms with Gasteiger partial charge in [0.1, 0.15) is 5.82 Å². The second-order valence-electron chi connectivity index (χ2n) is 12.6. The number of aromatic nitrogens is 3. The van der Waals surface area contributed by atoms with E-state index in [9.17, 15) is 18.8 Å². The number of halogens is 1. The Morgan fingerprint density at radius 1 is 0.933 bits per heavy atom. The number of pyridine rings is 1. The Balaban J connectivity index is 1.19. The molecule has 45 heavy (non-hydrogen) atoms. The van der Waals surface area contributed by atoms with Gasteiger partial charge >= 0.3 is 5.69 Å². The van der Waals surface area contributed by atoms with Crippen molar-refractivity contribution >= 4 is 16.9 Å². The van der Waals surface area contributed by atoms with Gasteiger partial charge in [0.05, 0.1) is 23.9 Å². The number of benzene rings is 2. The normalized spacial score (nSPS) is 21.0. The first-order valence-electron chi connectivity index (χ1n) is 16.1. The van der Waals surface area contributed by atoms with Crippen molar-refractivity contribution in [1.29, 1.82) is 0 Å². The molecule has 0 spiro atoms. The van der Waals surface area contributed by atoms with Crippen LogP contribution in [0.5, 0.6) is 0 Å². The summed E-state index contributed by atoms with van der Waals surface area (Å²) in [6, 6.07) is 16.8. The largest absolute Gasteiger partial charge is 0.380 e. The zero-order chi connectivity index (χ0) is 30.9. The van der Waals surface area contributed by atoms with Crippen molar-refractivity contribution in [2.45, 2.75) is 63.6 Å². The molecular formula is C35H38FN5O4. The molecule has 2 aliphatic carbocycles. The number of hydrogen-bond donors (Lipinski definition) is 1. The average molecular weight is 612 g/mol. The van der Waals surface area contributed by atoms with Gasteiger partial charge in [-0.1, -0.05) is 36.4 Å². The highest BCUT2D eigenvalue weighted by molar-refractivity contribution is 5.81. The summed E-state index contributed by atoms with van der Waals surface area (Å²) in [5, 5.41) is 3.19. The van der Waals surface area contributed by atoms with Crippen LogP contribution < -0.4 is 16.6 Å². The summed E-state index contributed by atoms with van der Waals surface area (Å²) in [6.07, 6.45) is 6.43. The number of hydrogen-bond acceptors (Lipinski definition) is 6. The fourth-order valence-electron chi connectivity index (χ4n) is 6.72. The number of fused-ring (bicyclic) bond motifs is 1. The van der Waals surface area contributed by atoms with Crippen LogP contribution in [-0.2, 0) is 16.1 Å². The van der Waals surface area contributed by atoms with Gasteiger partial charge in [-0.2, -0.15) is 0 Å². The molecule has 3 heterocycles. The maximum Gasteiger partial charge on any atom is 0.337 e. The number of amides is 1. The first kappa shape index (κ1) is 29.6. The van der Waals surface area contributed by atoms with Crippen LogP contribution in [0.15, 0.2) is 70.4 Å². The fourth-order valence-corrected chi connectivity index (χ4v) is 6.72. The van der Waals surface area contributed by atoms with E-state index in [1.54, 1.807) is 0 Å². The lowest BCUT2D eigenvalue weighted by molar-refractivity contribution is -0.123. The average Bonchev–Trinajstić information content (AvgIpc) is 3.92. The van der Waals surface area contributed by atoms with Crippen molar-refractivity contribution in [3.05, 3.63) is 93.0 Å². The second-order valence-corrected chi connectivity index (χ2v) is 12.6. The first-order chi connectivity index (χ1) is 21.9. The van der Waals surface area contributed by atoms with E-state index < -0.39 is 17.1 Å². The molecule has 0 atom stereocenters. The minimum atomic E-state index is -0.635. The highest BCUT2D eigenvalue weighted by atomic mass is 19.1. The number of carbonyl (C=O) groups is 1. The van der Waals surface area contributed by atoms with Crippen LogP contribution in [0.4, 0.5) is 4.39 Å². The van der Waals surface area contributed by atoms with E-state index in [1.165, 1.54) is 14.7 Å². The zero-order valence-electron chi connectivity index (χ0n) is 25.3. The molecular weight excluding hydrogens is 573 g/mol. The first-order valence-corrected chi connectivity index (χ1v) is 16.1. The summed E-state index contributed by atoms with van der Waals surface area (Å²) < 4.78 is 22.7. The Bertz CT molecular complexity index is 1820. The molecule has 234 valence electrons. The number of rotatable bonds is 7. The van der Waals surface area contributed by atoms with Crippen LogP contribution in [-0.4, -0.2) is 57.3 Å². The highest BCUT2D eigenvalue weighted by Gasteiger charge is 2.33. The lowest BCUT2D eigenvalue weighted by Gasteiger charge is -2.30. The van der Waals surface area contributed by atoms with Crippen LogP contribution in [0.1, 0.15) is 56.6 Å². The third kappa shape index (κ3) is 6.35. The van der Waals surface area contributed by atoms with Crippen molar-refractivity contribution in [2.24, 2.45) is 5.92 Å². The Morgan fingerprint density at radius 3 is 2.51 bits per heavy atom. The smallest absolute Gasteiger partial charge is 0.337 e. The fraction of sp³-hybridized carbons (Fsp3) is 0.429. The maximum atomic E-state index is 14.4. The molecule has 3 fully saturated rings. The maximum absolute atomic E-state index is 14.4. The summed E-state index contributed by atoms with van der Waals surface area (Å²) in [5.41, 5.74) is 2.78. The molecule has 1 aliphatic heterocycles. The Labute approximate surface area is 260 Å². The number of ether oxygens (including phenoxy) is 1. The molecule has 1 N–H and O–H groups in total. The second kappa shape index (κ2) is 12.7. The Kier molecular flexibility index (Phi) is 8.33. The standard InChI is InChI=1S/C35H38FN5O4/c36-27-20-31-32(37-21-27)40(35(44)41(34(31)43)29-13-11-28(12-14-29)38-33(42)25-9-10-25)30-4-1-3-26(19-30)24-7-5-23(6-8-24)22-39-15-2-17-45-18-16-39/h1,3-8,19-21,25,28-29H,2,9-18,22H2,(H,38,42)/t28-,29+. The lowest BCUT2D eigenvalue weighted by atomic mass is 9.90. The van der Waals surface area contributed by atoms with Crippen LogP contribution in [0, 0.1) is 11.7 Å². The summed E-state index contributed by atoms with van der Waals surface area (Å²) in [7, 11) is 0. The van der Waals surface area contributed by atoms with Crippen LogP contribution >= 0.6 is 0 Å². The zero-order valence-corrected chi connectivity index (χ0v) is 25.3. The predicted molar refractivity (Wildman–Crippen MR) is 170 cm³/mol. The molecule has 3 aliphatic rings. The summed E-state index contributed by atoms with van der Waals surface area (Å²) >= 11 is 0. The van der Waals surface area contributed by atoms with Gasteiger partial charge < -0.3 is 10.1 Å². The SMILES string of the molecule is O=C(N[C@H]1CC[C@@H](n2c(=O)c3cc(F)cnc3n(-c3cccc(-c4ccc(CN5CCCOCC5)cc4)c3)c2=O)CC1)C1CC1. The van der Waals surface area contributed by atoms with Crippen LogP contribution in [0.3, 0.4) is 0 Å². The molecule has 7 rings (SSSR count). The van der Waals surface area contributed by atoms with Crippen molar-refractivity contribution in [3.63, 3.8) is 0 Å². The topological polar surface area (TPSA) is 98.5 Å². The van der Waals surface area contributed by atoms with Gasteiger partial charge in [0.2, 0.25) is 5.91 Å². The minimum Gasteiger partial charge on any atom is -0.380 e. The summed E-state index contributed by atoms with van der Waals surface area (Å²) in [6.45, 7) is 4.38. The monoisotopic (exact) mass is 611 g/mol. The van der Waals surface area contributed by atoms with Crippen molar-refractivity contribution < 1.29 is 13.9 Å². The molecule has 2 saturated carbocycles. The third-order valence-electron chi connectivity index (χ3n) is 9.36. The highest BCUT2D eigenvalue weighted by Crippen LogP contribution is 2.32. The molecule has 0 unspecified atom stereocenters. The molecule has 9 nitrogen and oxygen atoms in total. The number of nitrogens with zero attached hydrogens (tertiary/aromatic N) is 4. The van der Waals surface area contributed by atoms with E-state index in [-0.39, 0.29) is 34.9 Å². The predicted octanol–water partition coefficient (Wildman–Crippen LogP) is 4.59. The van der Waals surface area contributed by atoms with Crippen LogP contribution in [0.25, 0.3) is 27.8 Å². The van der Waals surface area contributed by atoms with Gasteiger partial charge in [-0.3, -0.25) is 19.1 Å². The lowest BCUT2D eigenvalue weighted by Crippen LogP contribution is -2.45. The molecule has 1 amide bonds. The molecule has 2 aromatic carbocycles. The van der Waals surface area contributed by atoms with Crippen molar-refractivity contribution in [3.8, 4) is 16.8 Å². The van der Waals surface area contributed by atoms with E-state index in [0.717, 1.165) is 75.5 Å². The van der Waals surface area contributed by atoms with E-state index >= 15 is 0 Å². The Morgan fingerprint density at radius 2 is 1.73 bits per heavy atom. The van der Waals surface area contributed by atoms with Gasteiger partial charge in [-0.15, -0.1) is 0 Å². The Hall–Kier alpha value is -4.15. The summed E-state index contributed by atoms with van der Waals surface area (Å²) in [4.78, 5) is 46.8. The molecule has 1 saturated heterocycles. The summed E-state index contributed by atoms with van der Waals surface area (Å²) in [5.74, 6) is -0.398. The quantitative estimate of drug-likeness (QED) is 0.329. The molecule has 0 bridgehead atoms. The number of carbonyl (C=O) groups excluding carboxylic acids is 1. The van der Waals surface area contributed by atoms with E-state index in [1.807, 2.05) is 24.3 Å². The third-order valence-corrected chi connectivity index (χ3v) is 9.36. The van der Waals surface area contributed by atoms with E-state index in [0.29, 0.717) is 31.4 Å². The number of nitrogens with one attached hydrogen (secondary N) is 1. The van der Waals surface area contributed by atoms with Gasteiger partial charge in [0.15, 0.2) is 5.65 Å². The van der Waals surface area contributed by atoms with Gasteiger partial charge in [0.25, 0.3) is 5.56 Å². The van der Waals surface area contributed by atoms with Crippen LogP contribution in [0.2, 0.25) is 0 Å². The molecule has 4 aromatic rings. The van der Waals surface area contributed by atoms with Gasteiger partial charge in [-0.25, -0.2) is 18.7 Å². The molecule has 0 radical (unpaired) electrons. The molecule has 2 aromatic heterocycles. The van der Waals surface area contributed by atoms with Gasteiger partial charge in [0, 0.05) is 44.2 Å². The van der Waals surface area contributed by atoms with Gasteiger partial charge in [-0.05, 0) is 79.8 Å². The van der Waals surface area contributed by atoms with Crippen molar-refractivity contribution in [2.75, 3.05) is 26.3 Å². The van der Waals surface area contributed by atoms with Crippen molar-refractivity contribution in [1.82, 2.24) is 24.3 Å². The minimum absolute atomic E-state index is 0.0354. The van der Waals surface area contributed by atoms with E-state index in [2.05, 4.69) is 39.5 Å².